The molecule has 1 aromatic heterocycles. The van der Waals surface area contributed by atoms with Crippen LogP contribution in [0.5, 0.6) is 0 Å². The summed E-state index contributed by atoms with van der Waals surface area (Å²) in [5.74, 6) is 0.445. The number of hydrogen-bond acceptors (Lipinski definition) is 4. The van der Waals surface area contributed by atoms with Crippen molar-refractivity contribution < 1.29 is 9.53 Å². The summed E-state index contributed by atoms with van der Waals surface area (Å²) >= 11 is 1.57. The molecule has 0 radical (unpaired) electrons. The number of rotatable bonds is 3. The predicted molar refractivity (Wildman–Crippen MR) is 85.8 cm³/mol. The number of thiophene rings is 1. The second kappa shape index (κ2) is 6.33. The molecule has 3 rings (SSSR count). The zero-order valence-electron chi connectivity index (χ0n) is 12.5. The first kappa shape index (κ1) is 14.8. The number of ether oxygens (including phenoxy) is 1. The van der Waals surface area contributed by atoms with Gasteiger partial charge in [-0.2, -0.15) is 5.26 Å². The topological polar surface area (TPSA) is 50.1 Å². The number of nitrogens with zero attached hydrogens (tertiary/aromatic N) is 1. The standard InChI is InChI=1S/C18H17NO2S/c1-12-2-7-16-15(8-12)9-17(22-16)18(20)21-11-14-5-3-13(10-19)4-6-14/h3-6,9,12H,2,7-8,11H2,1H3/t12-/m0/s1. The van der Waals surface area contributed by atoms with Crippen LogP contribution in [0.4, 0.5) is 0 Å². The largest absolute Gasteiger partial charge is 0.457 e. The molecule has 2 aromatic rings. The predicted octanol–water partition coefficient (Wildman–Crippen LogP) is 4.10. The highest BCUT2D eigenvalue weighted by Gasteiger charge is 2.21. The molecule has 0 amide bonds. The van der Waals surface area contributed by atoms with E-state index in [1.165, 1.54) is 16.9 Å². The van der Waals surface area contributed by atoms with Crippen molar-refractivity contribution in [1.82, 2.24) is 0 Å². The maximum absolute atomic E-state index is 12.2. The first-order valence-corrected chi connectivity index (χ1v) is 8.25. The fraction of sp³-hybridized carbons (Fsp3) is 0.333. The molecule has 1 aliphatic carbocycles. The Bertz CT molecular complexity index is 725. The van der Waals surface area contributed by atoms with Gasteiger partial charge >= 0.3 is 5.97 Å². The first-order valence-electron chi connectivity index (χ1n) is 7.43. The lowest BCUT2D eigenvalue weighted by Crippen LogP contribution is -2.08. The van der Waals surface area contributed by atoms with Crippen molar-refractivity contribution in [2.24, 2.45) is 5.92 Å². The second-order valence-corrected chi connectivity index (χ2v) is 6.93. The molecule has 1 heterocycles. The van der Waals surface area contributed by atoms with E-state index < -0.39 is 0 Å². The van der Waals surface area contributed by atoms with Crippen molar-refractivity contribution in [3.05, 3.63) is 56.8 Å². The van der Waals surface area contributed by atoms with Crippen molar-refractivity contribution in [3.8, 4) is 6.07 Å². The Balaban J connectivity index is 1.63. The molecule has 0 saturated carbocycles. The van der Waals surface area contributed by atoms with Crippen molar-refractivity contribution in [1.29, 1.82) is 5.26 Å². The molecule has 1 aliphatic rings. The first-order chi connectivity index (χ1) is 10.7. The zero-order chi connectivity index (χ0) is 15.5. The number of esters is 1. The molecule has 22 heavy (non-hydrogen) atoms. The van der Waals surface area contributed by atoms with Crippen LogP contribution in [0.1, 0.15) is 44.6 Å². The van der Waals surface area contributed by atoms with Gasteiger partial charge in [-0.15, -0.1) is 11.3 Å². The van der Waals surface area contributed by atoms with Gasteiger partial charge in [-0.1, -0.05) is 19.1 Å². The molecule has 112 valence electrons. The number of fused-ring (bicyclic) bond motifs is 1. The molecule has 0 N–H and O–H groups in total. The summed E-state index contributed by atoms with van der Waals surface area (Å²) in [6, 6.07) is 11.2. The van der Waals surface area contributed by atoms with Crippen LogP contribution in [0.25, 0.3) is 0 Å². The normalized spacial score (nSPS) is 16.6. The van der Waals surface area contributed by atoms with Crippen LogP contribution in [0.3, 0.4) is 0 Å². The maximum atomic E-state index is 12.2. The summed E-state index contributed by atoms with van der Waals surface area (Å²) in [4.78, 5) is 14.2. The van der Waals surface area contributed by atoms with Crippen molar-refractivity contribution in [2.75, 3.05) is 0 Å². The highest BCUT2D eigenvalue weighted by atomic mass is 32.1. The molecule has 4 heteroatoms. The van der Waals surface area contributed by atoms with E-state index in [9.17, 15) is 4.79 Å². The minimum absolute atomic E-state index is 0.240. The molecule has 1 aromatic carbocycles. The third-order valence-corrected chi connectivity index (χ3v) is 5.20. The molecule has 0 aliphatic heterocycles. The highest BCUT2D eigenvalue weighted by Crippen LogP contribution is 2.32. The van der Waals surface area contributed by atoms with Gasteiger partial charge in [0.1, 0.15) is 11.5 Å². The van der Waals surface area contributed by atoms with E-state index >= 15 is 0 Å². The number of nitriles is 1. The molecule has 0 bridgehead atoms. The van der Waals surface area contributed by atoms with Gasteiger partial charge in [-0.05, 0) is 54.5 Å². The third kappa shape index (κ3) is 3.20. The van der Waals surface area contributed by atoms with Gasteiger partial charge < -0.3 is 4.74 Å². The molecule has 1 atom stereocenters. The van der Waals surface area contributed by atoms with Gasteiger partial charge in [0.25, 0.3) is 0 Å². The Hall–Kier alpha value is -2.12. The summed E-state index contributed by atoms with van der Waals surface area (Å²) in [6.07, 6.45) is 3.34. The van der Waals surface area contributed by atoms with Crippen LogP contribution in [-0.4, -0.2) is 5.97 Å². The van der Waals surface area contributed by atoms with Crippen LogP contribution in [0.2, 0.25) is 0 Å². The van der Waals surface area contributed by atoms with Gasteiger partial charge in [-0.25, -0.2) is 4.79 Å². The Kier molecular flexibility index (Phi) is 4.26. The van der Waals surface area contributed by atoms with Gasteiger partial charge in [0, 0.05) is 4.88 Å². The van der Waals surface area contributed by atoms with Crippen molar-refractivity contribution >= 4 is 17.3 Å². The fourth-order valence-electron chi connectivity index (χ4n) is 2.70. The Labute approximate surface area is 134 Å². The number of carbonyl (C=O) groups excluding carboxylic acids is 1. The lowest BCUT2D eigenvalue weighted by Gasteiger charge is -2.16. The number of hydrogen-bond donors (Lipinski definition) is 0. The molecule has 0 fully saturated rings. The minimum atomic E-state index is -0.253. The SMILES string of the molecule is C[C@H]1CCc2sc(C(=O)OCc3ccc(C#N)cc3)cc2C1. The summed E-state index contributed by atoms with van der Waals surface area (Å²) in [5.41, 5.74) is 2.81. The fourth-order valence-corrected chi connectivity index (χ4v) is 3.80. The van der Waals surface area contributed by atoms with Gasteiger partial charge in [0.05, 0.1) is 11.6 Å². The second-order valence-electron chi connectivity index (χ2n) is 5.79. The molecule has 0 unspecified atom stereocenters. The van der Waals surface area contributed by atoms with E-state index in [1.54, 1.807) is 23.5 Å². The van der Waals surface area contributed by atoms with Gasteiger partial charge in [0.2, 0.25) is 0 Å². The van der Waals surface area contributed by atoms with Crippen LogP contribution < -0.4 is 0 Å². The molecule has 0 spiro atoms. The zero-order valence-corrected chi connectivity index (χ0v) is 13.3. The minimum Gasteiger partial charge on any atom is -0.457 e. The summed E-state index contributed by atoms with van der Waals surface area (Å²) in [6.45, 7) is 2.49. The lowest BCUT2D eigenvalue weighted by atomic mass is 9.90. The van der Waals surface area contributed by atoms with Crippen LogP contribution >= 0.6 is 11.3 Å². The Morgan fingerprint density at radius 2 is 2.18 bits per heavy atom. The summed E-state index contributed by atoms with van der Waals surface area (Å²) in [7, 11) is 0. The number of benzene rings is 1. The van der Waals surface area contributed by atoms with Gasteiger partial charge in [-0.3, -0.25) is 0 Å². The third-order valence-electron chi connectivity index (χ3n) is 3.98. The van der Waals surface area contributed by atoms with Gasteiger partial charge in [0.15, 0.2) is 0 Å². The summed E-state index contributed by atoms with van der Waals surface area (Å²) < 4.78 is 5.38. The van der Waals surface area contributed by atoms with E-state index in [1.807, 2.05) is 18.2 Å². The number of carbonyl (C=O) groups is 1. The Morgan fingerprint density at radius 1 is 1.41 bits per heavy atom. The van der Waals surface area contributed by atoms with E-state index in [0.29, 0.717) is 16.4 Å². The average Bonchev–Trinajstić information content (AvgIpc) is 2.96. The molecule has 3 nitrogen and oxygen atoms in total. The van der Waals surface area contributed by atoms with Crippen LogP contribution in [0.15, 0.2) is 30.3 Å². The highest BCUT2D eigenvalue weighted by molar-refractivity contribution is 7.14. The van der Waals surface area contributed by atoms with E-state index in [0.717, 1.165) is 18.4 Å². The Morgan fingerprint density at radius 3 is 2.91 bits per heavy atom. The van der Waals surface area contributed by atoms with Crippen molar-refractivity contribution in [3.63, 3.8) is 0 Å². The lowest BCUT2D eigenvalue weighted by molar-refractivity contribution is 0.0478. The van der Waals surface area contributed by atoms with E-state index in [4.69, 9.17) is 10.00 Å². The monoisotopic (exact) mass is 311 g/mol. The molecular formula is C18H17NO2S. The molecule has 0 saturated heterocycles. The van der Waals surface area contributed by atoms with E-state index in [-0.39, 0.29) is 12.6 Å². The summed E-state index contributed by atoms with van der Waals surface area (Å²) in [5, 5.41) is 8.76. The van der Waals surface area contributed by atoms with Crippen LogP contribution in [0, 0.1) is 17.2 Å². The van der Waals surface area contributed by atoms with Crippen molar-refractivity contribution in [2.45, 2.75) is 32.8 Å². The molecular weight excluding hydrogens is 294 g/mol. The maximum Gasteiger partial charge on any atom is 0.348 e. The van der Waals surface area contributed by atoms with Crippen LogP contribution in [-0.2, 0) is 24.2 Å². The van der Waals surface area contributed by atoms with E-state index in [2.05, 4.69) is 13.0 Å². The number of aryl methyl sites for hydroxylation is 1. The average molecular weight is 311 g/mol. The smallest absolute Gasteiger partial charge is 0.348 e. The quantitative estimate of drug-likeness (QED) is 0.802.